The summed E-state index contributed by atoms with van der Waals surface area (Å²) in [6.07, 6.45) is 2.31. The van der Waals surface area contributed by atoms with Gasteiger partial charge in [-0.2, -0.15) is 0 Å². The molecule has 7 heteroatoms. The first-order chi connectivity index (χ1) is 16.0. The van der Waals surface area contributed by atoms with Gasteiger partial charge >= 0.3 is 0 Å². The van der Waals surface area contributed by atoms with Crippen molar-refractivity contribution < 1.29 is 4.79 Å². The van der Waals surface area contributed by atoms with E-state index in [2.05, 4.69) is 21.2 Å². The van der Waals surface area contributed by atoms with Gasteiger partial charge < -0.3 is 15.1 Å². The van der Waals surface area contributed by atoms with Crippen molar-refractivity contribution in [2.45, 2.75) is 45.3 Å². The molecule has 1 aromatic heterocycles. The molecule has 0 aliphatic carbocycles. The summed E-state index contributed by atoms with van der Waals surface area (Å²) in [5.41, 5.74) is 2.37. The monoisotopic (exact) mass is 445 g/mol. The lowest BCUT2D eigenvalue weighted by molar-refractivity contribution is -0.122. The van der Waals surface area contributed by atoms with Gasteiger partial charge in [0.05, 0.1) is 10.9 Å². The van der Waals surface area contributed by atoms with Crippen LogP contribution in [0.25, 0.3) is 22.3 Å². The van der Waals surface area contributed by atoms with Crippen LogP contribution in [0.5, 0.6) is 0 Å². The lowest BCUT2D eigenvalue weighted by Gasteiger charge is -2.33. The van der Waals surface area contributed by atoms with Crippen molar-refractivity contribution in [1.29, 1.82) is 0 Å². The summed E-state index contributed by atoms with van der Waals surface area (Å²) in [5.74, 6) is 0.320. The molecule has 2 bridgehead atoms. The molecule has 0 atom stereocenters. The molecule has 3 aromatic rings. The van der Waals surface area contributed by atoms with E-state index in [4.69, 9.17) is 4.98 Å². The standard InChI is InChI=1S/C26H31N5O2/c1-18(2)27-24(32)17-31-25(19-6-4-3-5-7-19)28-23-9-8-21(16-22(23)26(31)33)30-15-14-29-12-10-20(30)11-13-29/h3-9,16,18,20H,10-15,17H2,1-2H3,(H,27,32). The summed E-state index contributed by atoms with van der Waals surface area (Å²) in [7, 11) is 0. The number of rotatable bonds is 5. The number of piperidine rings is 1. The lowest BCUT2D eigenvalue weighted by atomic mass is 10.0. The molecule has 6 rings (SSSR count). The van der Waals surface area contributed by atoms with Gasteiger partial charge in [0.2, 0.25) is 5.91 Å². The SMILES string of the molecule is CC(C)NC(=O)Cn1c(-c2ccccc2)nc2ccc(N3CCN4CCC3CC4)cc2c1=O. The van der Waals surface area contributed by atoms with Crippen molar-refractivity contribution in [3.05, 3.63) is 58.9 Å². The van der Waals surface area contributed by atoms with Crippen LogP contribution in [0.3, 0.4) is 0 Å². The molecule has 33 heavy (non-hydrogen) atoms. The van der Waals surface area contributed by atoms with Crippen molar-refractivity contribution in [2.75, 3.05) is 31.1 Å². The Labute approximate surface area is 194 Å². The molecule has 4 heterocycles. The van der Waals surface area contributed by atoms with E-state index >= 15 is 0 Å². The van der Waals surface area contributed by atoms with Crippen molar-refractivity contribution in [2.24, 2.45) is 0 Å². The predicted molar refractivity (Wildman–Crippen MR) is 132 cm³/mol. The molecule has 1 amide bonds. The number of carbonyl (C=O) groups is 1. The normalized spacial score (nSPS) is 20.3. The number of benzene rings is 2. The molecule has 7 nitrogen and oxygen atoms in total. The topological polar surface area (TPSA) is 70.5 Å². The second kappa shape index (κ2) is 8.98. The number of hydrogen-bond donors (Lipinski definition) is 1. The van der Waals surface area contributed by atoms with Crippen LogP contribution < -0.4 is 15.8 Å². The van der Waals surface area contributed by atoms with E-state index in [1.807, 2.05) is 56.3 Å². The maximum atomic E-state index is 13.7. The van der Waals surface area contributed by atoms with Crippen molar-refractivity contribution in [1.82, 2.24) is 19.8 Å². The van der Waals surface area contributed by atoms with E-state index in [0.29, 0.717) is 22.8 Å². The highest BCUT2D eigenvalue weighted by Crippen LogP contribution is 2.29. The number of fused-ring (bicyclic) bond motifs is 5. The zero-order valence-corrected chi connectivity index (χ0v) is 19.3. The molecule has 172 valence electrons. The van der Waals surface area contributed by atoms with Gasteiger partial charge in [-0.25, -0.2) is 4.98 Å². The Kier molecular flexibility index (Phi) is 5.89. The third-order valence-electron chi connectivity index (χ3n) is 6.71. The fourth-order valence-corrected chi connectivity index (χ4v) is 5.08. The van der Waals surface area contributed by atoms with E-state index in [1.54, 1.807) is 0 Å². The summed E-state index contributed by atoms with van der Waals surface area (Å²) in [5, 5.41) is 3.45. The fourth-order valence-electron chi connectivity index (χ4n) is 5.08. The Bertz CT molecular complexity index is 1210. The van der Waals surface area contributed by atoms with Gasteiger partial charge in [-0.3, -0.25) is 14.2 Å². The quantitative estimate of drug-likeness (QED) is 0.654. The highest BCUT2D eigenvalue weighted by Gasteiger charge is 2.29. The Morgan fingerprint density at radius 3 is 2.55 bits per heavy atom. The summed E-state index contributed by atoms with van der Waals surface area (Å²) in [6, 6.07) is 16.1. The van der Waals surface area contributed by atoms with Crippen LogP contribution in [0.1, 0.15) is 26.7 Å². The number of nitrogens with one attached hydrogen (secondary N) is 1. The molecule has 3 fully saturated rings. The maximum absolute atomic E-state index is 13.7. The average molecular weight is 446 g/mol. The van der Waals surface area contributed by atoms with Gasteiger partial charge in [0.15, 0.2) is 0 Å². The number of aromatic nitrogens is 2. The minimum absolute atomic E-state index is 0.00223. The van der Waals surface area contributed by atoms with E-state index in [-0.39, 0.29) is 24.1 Å². The average Bonchev–Trinajstić information content (AvgIpc) is 3.15. The van der Waals surface area contributed by atoms with Gasteiger partial charge in [0.25, 0.3) is 5.56 Å². The summed E-state index contributed by atoms with van der Waals surface area (Å²) >= 11 is 0. The first-order valence-electron chi connectivity index (χ1n) is 11.9. The highest BCUT2D eigenvalue weighted by molar-refractivity contribution is 5.84. The molecule has 1 N–H and O–H groups in total. The fraction of sp³-hybridized carbons (Fsp3) is 0.423. The van der Waals surface area contributed by atoms with Crippen LogP contribution in [-0.4, -0.2) is 58.6 Å². The van der Waals surface area contributed by atoms with E-state index < -0.39 is 0 Å². The molecule has 3 aliphatic rings. The smallest absolute Gasteiger partial charge is 0.262 e. The lowest BCUT2D eigenvalue weighted by Crippen LogP contribution is -2.38. The van der Waals surface area contributed by atoms with E-state index in [0.717, 1.165) is 50.3 Å². The van der Waals surface area contributed by atoms with Crippen LogP contribution in [0, 0.1) is 0 Å². The minimum Gasteiger partial charge on any atom is -0.367 e. The molecular formula is C26H31N5O2. The summed E-state index contributed by atoms with van der Waals surface area (Å²) < 4.78 is 1.51. The van der Waals surface area contributed by atoms with Crippen LogP contribution in [-0.2, 0) is 11.3 Å². The van der Waals surface area contributed by atoms with Crippen molar-refractivity contribution in [3.8, 4) is 11.4 Å². The van der Waals surface area contributed by atoms with Crippen molar-refractivity contribution in [3.63, 3.8) is 0 Å². The number of hydrogen-bond acceptors (Lipinski definition) is 5. The Morgan fingerprint density at radius 2 is 1.82 bits per heavy atom. The largest absolute Gasteiger partial charge is 0.367 e. The van der Waals surface area contributed by atoms with Gasteiger partial charge in [0.1, 0.15) is 12.4 Å². The van der Waals surface area contributed by atoms with Gasteiger partial charge in [-0.1, -0.05) is 30.3 Å². The number of anilines is 1. The first kappa shape index (κ1) is 21.6. The predicted octanol–water partition coefficient (Wildman–Crippen LogP) is 2.87. The Balaban J connectivity index is 1.61. The number of nitrogens with zero attached hydrogens (tertiary/aromatic N) is 4. The van der Waals surface area contributed by atoms with Crippen LogP contribution >= 0.6 is 0 Å². The summed E-state index contributed by atoms with van der Waals surface area (Å²) in [6.45, 7) is 8.08. The summed E-state index contributed by atoms with van der Waals surface area (Å²) in [4.78, 5) is 36.2. The Hall–Kier alpha value is -3.19. The molecular weight excluding hydrogens is 414 g/mol. The second-order valence-electron chi connectivity index (χ2n) is 9.38. The van der Waals surface area contributed by atoms with Gasteiger partial charge in [0, 0.05) is 49.5 Å². The van der Waals surface area contributed by atoms with Crippen molar-refractivity contribution >= 4 is 22.5 Å². The van der Waals surface area contributed by atoms with Crippen LogP contribution in [0.4, 0.5) is 5.69 Å². The number of amides is 1. The highest BCUT2D eigenvalue weighted by atomic mass is 16.2. The molecule has 0 saturated carbocycles. The van der Waals surface area contributed by atoms with Crippen LogP contribution in [0.15, 0.2) is 53.3 Å². The third-order valence-corrected chi connectivity index (χ3v) is 6.71. The minimum atomic E-state index is -0.194. The van der Waals surface area contributed by atoms with Crippen LogP contribution in [0.2, 0.25) is 0 Å². The molecule has 0 radical (unpaired) electrons. The molecule has 3 saturated heterocycles. The molecule has 0 unspecified atom stereocenters. The first-order valence-corrected chi connectivity index (χ1v) is 11.9. The van der Waals surface area contributed by atoms with E-state index in [9.17, 15) is 9.59 Å². The Morgan fingerprint density at radius 1 is 1.06 bits per heavy atom. The van der Waals surface area contributed by atoms with Gasteiger partial charge in [-0.05, 0) is 44.9 Å². The molecule has 0 spiro atoms. The zero-order chi connectivity index (χ0) is 22.9. The molecule has 2 aromatic carbocycles. The zero-order valence-electron chi connectivity index (χ0n) is 19.3. The second-order valence-corrected chi connectivity index (χ2v) is 9.38. The van der Waals surface area contributed by atoms with E-state index in [1.165, 1.54) is 4.57 Å². The van der Waals surface area contributed by atoms with Gasteiger partial charge in [-0.15, -0.1) is 0 Å². The molecule has 3 aliphatic heterocycles. The maximum Gasteiger partial charge on any atom is 0.262 e. The third kappa shape index (κ3) is 4.37. The number of carbonyl (C=O) groups excluding carboxylic acids is 1.